The Morgan fingerprint density at radius 2 is 0.667 bits per heavy atom. The average molecular weight is 1250 g/mol. The summed E-state index contributed by atoms with van der Waals surface area (Å²) in [7, 11) is 1.57. The van der Waals surface area contributed by atoms with Crippen molar-refractivity contribution in [3.63, 3.8) is 0 Å². The second-order valence-corrected chi connectivity index (χ2v) is 29.2. The molecular formula is C78H152N2O6P+. The van der Waals surface area contributed by atoms with Gasteiger partial charge in [-0.15, -0.1) is 0 Å². The van der Waals surface area contributed by atoms with Crippen molar-refractivity contribution in [3.8, 4) is 0 Å². The van der Waals surface area contributed by atoms with Gasteiger partial charge in [0.2, 0.25) is 5.91 Å². The van der Waals surface area contributed by atoms with Gasteiger partial charge in [-0.1, -0.05) is 371 Å². The number of aliphatic hydroxyl groups is 1. The summed E-state index contributed by atoms with van der Waals surface area (Å²) in [6.07, 6.45) is 94.5. The van der Waals surface area contributed by atoms with E-state index in [0.717, 1.165) is 44.9 Å². The number of phosphoric ester groups is 1. The van der Waals surface area contributed by atoms with Crippen molar-refractivity contribution in [1.29, 1.82) is 0 Å². The summed E-state index contributed by atoms with van der Waals surface area (Å²) in [5.74, 6) is -0.178. The molecule has 0 spiro atoms. The monoisotopic (exact) mass is 1240 g/mol. The van der Waals surface area contributed by atoms with Crippen LogP contribution in [0.2, 0.25) is 0 Å². The summed E-state index contributed by atoms with van der Waals surface area (Å²) >= 11 is 0. The minimum Gasteiger partial charge on any atom is -0.387 e. The van der Waals surface area contributed by atoms with Crippen molar-refractivity contribution in [2.24, 2.45) is 0 Å². The van der Waals surface area contributed by atoms with E-state index in [1.807, 2.05) is 27.2 Å². The van der Waals surface area contributed by atoms with E-state index in [-0.39, 0.29) is 19.1 Å². The molecule has 3 unspecified atom stereocenters. The summed E-state index contributed by atoms with van der Waals surface area (Å²) in [6.45, 7) is 4.84. The fraction of sp³-hybridized carbons (Fsp3) is 0.885. The summed E-state index contributed by atoms with van der Waals surface area (Å²) < 4.78 is 23.8. The van der Waals surface area contributed by atoms with E-state index >= 15 is 0 Å². The number of hydrogen-bond acceptors (Lipinski definition) is 5. The van der Waals surface area contributed by atoms with Crippen molar-refractivity contribution in [2.45, 2.75) is 405 Å². The zero-order chi connectivity index (χ0) is 63.4. The highest BCUT2D eigenvalue weighted by Gasteiger charge is 2.28. The van der Waals surface area contributed by atoms with Crippen molar-refractivity contribution in [1.82, 2.24) is 5.32 Å². The molecule has 0 radical (unpaired) electrons. The summed E-state index contributed by atoms with van der Waals surface area (Å²) in [5.41, 5.74) is 0. The van der Waals surface area contributed by atoms with Crippen LogP contribution in [0.1, 0.15) is 393 Å². The Morgan fingerprint density at radius 1 is 0.391 bits per heavy atom. The first-order valence-electron chi connectivity index (χ1n) is 38.5. The molecule has 0 saturated heterocycles. The molecule has 0 bridgehead atoms. The minimum absolute atomic E-state index is 0.0580. The fourth-order valence-electron chi connectivity index (χ4n) is 11.8. The van der Waals surface area contributed by atoms with Crippen LogP contribution in [-0.2, 0) is 18.4 Å². The Hall–Kier alpha value is -1.54. The van der Waals surface area contributed by atoms with Gasteiger partial charge in [0.25, 0.3) is 0 Å². The van der Waals surface area contributed by atoms with Crippen molar-refractivity contribution >= 4 is 13.7 Å². The third kappa shape index (κ3) is 71.8. The molecule has 0 fully saturated rings. The van der Waals surface area contributed by atoms with Gasteiger partial charge in [-0.25, -0.2) is 4.57 Å². The lowest BCUT2D eigenvalue weighted by atomic mass is 10.0. The summed E-state index contributed by atoms with van der Waals surface area (Å²) in [4.78, 5) is 23.4. The number of likely N-dealkylation sites (N-methyl/N-ethyl adjacent to an activating group) is 1. The van der Waals surface area contributed by atoms with E-state index in [1.165, 1.54) is 327 Å². The fourth-order valence-corrected chi connectivity index (χ4v) is 12.5. The van der Waals surface area contributed by atoms with Crippen LogP contribution in [0.5, 0.6) is 0 Å². The van der Waals surface area contributed by atoms with Gasteiger partial charge in [-0.05, 0) is 64.2 Å². The van der Waals surface area contributed by atoms with Crippen molar-refractivity contribution in [2.75, 3.05) is 40.9 Å². The Labute approximate surface area is 543 Å². The molecule has 8 nitrogen and oxygen atoms in total. The largest absolute Gasteiger partial charge is 0.472 e. The van der Waals surface area contributed by atoms with Crippen LogP contribution in [0.25, 0.3) is 0 Å². The molecule has 3 N–H and O–H groups in total. The topological polar surface area (TPSA) is 105 Å². The number of nitrogens with zero attached hydrogens (tertiary/aromatic N) is 1. The standard InChI is InChI=1S/C78H151N2O6P/c1-6-8-10-12-14-16-18-20-22-24-26-28-30-32-33-34-35-36-37-38-39-40-41-42-43-44-45-46-47-48-50-52-54-56-58-60-62-64-66-68-70-72-78(82)79-76(75-86-87(83,84)85-74-73-80(3,4)5)77(81)71-69-67-65-63-61-59-57-55-53-51-49-31-29-27-25-23-21-19-17-15-13-11-9-7-2/h18,20,24,26,61,63,69,71,76-77,81H,6-17,19,21-23,25,27-60,62,64-68,70,72-75H2,1-5H3,(H-,79,82,83,84)/p+1/b20-18-,26-24-,63-61+,71-69+. The number of quaternary nitrogens is 1. The van der Waals surface area contributed by atoms with Crippen LogP contribution < -0.4 is 5.32 Å². The van der Waals surface area contributed by atoms with Crippen molar-refractivity contribution < 1.29 is 32.9 Å². The Kier molecular flexibility index (Phi) is 67.6. The molecule has 87 heavy (non-hydrogen) atoms. The number of hydrogen-bond donors (Lipinski definition) is 3. The van der Waals surface area contributed by atoms with Gasteiger partial charge in [0.1, 0.15) is 13.2 Å². The van der Waals surface area contributed by atoms with Gasteiger partial charge in [-0.3, -0.25) is 13.8 Å². The van der Waals surface area contributed by atoms with Gasteiger partial charge in [0.15, 0.2) is 0 Å². The Morgan fingerprint density at radius 3 is 0.989 bits per heavy atom. The molecule has 9 heteroatoms. The van der Waals surface area contributed by atoms with E-state index < -0.39 is 20.0 Å². The number of allylic oxidation sites excluding steroid dienone is 7. The maximum atomic E-state index is 13.1. The molecule has 0 aromatic carbocycles. The van der Waals surface area contributed by atoms with E-state index in [0.29, 0.717) is 17.4 Å². The highest BCUT2D eigenvalue weighted by atomic mass is 31.2. The van der Waals surface area contributed by atoms with Gasteiger partial charge in [0, 0.05) is 6.42 Å². The molecule has 0 aliphatic heterocycles. The smallest absolute Gasteiger partial charge is 0.387 e. The first-order valence-corrected chi connectivity index (χ1v) is 40.0. The second-order valence-electron chi connectivity index (χ2n) is 27.7. The lowest BCUT2D eigenvalue weighted by Crippen LogP contribution is -2.45. The predicted molar refractivity (Wildman–Crippen MR) is 383 cm³/mol. The molecule has 0 aromatic rings. The minimum atomic E-state index is -4.36. The normalized spacial score (nSPS) is 13.8. The Balaban J connectivity index is 3.93. The van der Waals surface area contributed by atoms with Gasteiger partial charge < -0.3 is 19.8 Å². The molecule has 514 valence electrons. The van der Waals surface area contributed by atoms with E-state index in [4.69, 9.17) is 9.05 Å². The number of unbranched alkanes of at least 4 members (excludes halogenated alkanes) is 53. The molecule has 0 aliphatic carbocycles. The second kappa shape index (κ2) is 68.8. The van der Waals surface area contributed by atoms with Gasteiger partial charge >= 0.3 is 7.82 Å². The van der Waals surface area contributed by atoms with Crippen molar-refractivity contribution in [3.05, 3.63) is 48.6 Å². The summed E-state index contributed by atoms with van der Waals surface area (Å²) in [6, 6.07) is -0.864. The molecule has 0 saturated carbocycles. The number of nitrogens with one attached hydrogen (secondary N) is 1. The molecule has 3 atom stereocenters. The quantitative estimate of drug-likeness (QED) is 0.0243. The average Bonchev–Trinajstić information content (AvgIpc) is 3.71. The number of aliphatic hydroxyl groups excluding tert-OH is 1. The first-order chi connectivity index (χ1) is 42.5. The number of rotatable bonds is 72. The van der Waals surface area contributed by atoms with Crippen LogP contribution in [0.3, 0.4) is 0 Å². The van der Waals surface area contributed by atoms with Crippen LogP contribution >= 0.6 is 7.82 Å². The number of carbonyl (C=O) groups is 1. The maximum absolute atomic E-state index is 13.1. The molecular weight excluding hydrogens is 1090 g/mol. The van der Waals surface area contributed by atoms with E-state index in [1.54, 1.807) is 6.08 Å². The van der Waals surface area contributed by atoms with Crippen LogP contribution in [-0.4, -0.2) is 73.4 Å². The van der Waals surface area contributed by atoms with Gasteiger partial charge in [0.05, 0.1) is 39.9 Å². The van der Waals surface area contributed by atoms with Gasteiger partial charge in [-0.2, -0.15) is 0 Å². The zero-order valence-electron chi connectivity index (χ0n) is 59.0. The molecule has 0 heterocycles. The number of phosphoric acid groups is 1. The van der Waals surface area contributed by atoms with Crippen LogP contribution in [0.4, 0.5) is 0 Å². The zero-order valence-corrected chi connectivity index (χ0v) is 59.9. The summed E-state index contributed by atoms with van der Waals surface area (Å²) in [5, 5.41) is 14.0. The van der Waals surface area contributed by atoms with Crippen LogP contribution in [0, 0.1) is 0 Å². The van der Waals surface area contributed by atoms with E-state index in [2.05, 4.69) is 55.6 Å². The Bertz CT molecular complexity index is 1560. The highest BCUT2D eigenvalue weighted by Crippen LogP contribution is 2.43. The van der Waals surface area contributed by atoms with E-state index in [9.17, 15) is 19.4 Å². The molecule has 0 aliphatic rings. The number of amides is 1. The van der Waals surface area contributed by atoms with Crippen LogP contribution in [0.15, 0.2) is 48.6 Å². The maximum Gasteiger partial charge on any atom is 0.472 e. The number of carbonyl (C=O) groups excluding carboxylic acids is 1. The third-order valence-corrected chi connectivity index (χ3v) is 18.8. The molecule has 0 aromatic heterocycles. The first kappa shape index (κ1) is 85.5. The SMILES string of the molecule is CCCCCCC/C=C\C/C=C\CCCCCCCCCCCCCCCCCCCCCCCCCCCCCCCC(=O)NC(COP(=O)(O)OCC[N+](C)(C)C)C(O)/C=C/CC/C=C/CCCCCCCCCCCCCCCCCCCC. The lowest BCUT2D eigenvalue weighted by molar-refractivity contribution is -0.870. The molecule has 1 amide bonds. The molecule has 0 rings (SSSR count). The third-order valence-electron chi connectivity index (χ3n) is 17.8. The predicted octanol–water partition coefficient (Wildman–Crippen LogP) is 25.0. The lowest BCUT2D eigenvalue weighted by Gasteiger charge is -2.25. The highest BCUT2D eigenvalue weighted by molar-refractivity contribution is 7.47.